The number of aromatic nitrogens is 1. The number of rotatable bonds is 5. The molecule has 1 aromatic heterocycles. The van der Waals surface area contributed by atoms with Gasteiger partial charge in [-0.3, -0.25) is 10.1 Å². The first-order valence-electron chi connectivity index (χ1n) is 6.96. The summed E-state index contributed by atoms with van der Waals surface area (Å²) in [4.78, 5) is 27.2. The van der Waals surface area contributed by atoms with Crippen molar-refractivity contribution in [1.82, 2.24) is 15.6 Å². The first kappa shape index (κ1) is 17.0. The minimum atomic E-state index is -0.558. The van der Waals surface area contributed by atoms with Crippen molar-refractivity contribution in [3.63, 3.8) is 0 Å². The maximum absolute atomic E-state index is 12.9. The molecule has 0 aliphatic carbocycles. The van der Waals surface area contributed by atoms with Gasteiger partial charge in [0.1, 0.15) is 5.82 Å². The lowest BCUT2D eigenvalue weighted by molar-refractivity contribution is -0.119. The number of imide groups is 1. The summed E-state index contributed by atoms with van der Waals surface area (Å²) in [5.74, 6) is -0.301. The van der Waals surface area contributed by atoms with Gasteiger partial charge >= 0.3 is 6.03 Å². The van der Waals surface area contributed by atoms with Crippen molar-refractivity contribution in [1.29, 1.82) is 0 Å². The highest BCUT2D eigenvalue weighted by molar-refractivity contribution is 8.00. The zero-order valence-electron chi connectivity index (χ0n) is 12.6. The van der Waals surface area contributed by atoms with Crippen molar-refractivity contribution >= 4 is 23.7 Å². The van der Waals surface area contributed by atoms with Gasteiger partial charge < -0.3 is 9.73 Å². The molecular formula is C15H16FN3O3S. The molecule has 0 aliphatic rings. The lowest BCUT2D eigenvalue weighted by Crippen LogP contribution is -2.42. The van der Waals surface area contributed by atoms with E-state index in [4.69, 9.17) is 4.42 Å². The molecule has 0 fully saturated rings. The topological polar surface area (TPSA) is 84.2 Å². The van der Waals surface area contributed by atoms with Crippen LogP contribution in [0.3, 0.4) is 0 Å². The monoisotopic (exact) mass is 337 g/mol. The quantitative estimate of drug-likeness (QED) is 0.820. The molecule has 0 aliphatic heterocycles. The molecule has 1 heterocycles. The molecule has 1 aromatic carbocycles. The average Bonchev–Trinajstić information content (AvgIpc) is 2.96. The van der Waals surface area contributed by atoms with Crippen molar-refractivity contribution in [2.75, 3.05) is 6.54 Å². The Kier molecular flexibility index (Phi) is 5.75. The summed E-state index contributed by atoms with van der Waals surface area (Å²) in [6.07, 6.45) is 1.50. The van der Waals surface area contributed by atoms with Crippen molar-refractivity contribution in [3.05, 3.63) is 36.3 Å². The maximum Gasteiger partial charge on any atom is 0.321 e. The van der Waals surface area contributed by atoms with Crippen LogP contribution in [0.15, 0.2) is 40.1 Å². The number of oxazole rings is 1. The third-order valence-corrected chi connectivity index (χ3v) is 3.79. The van der Waals surface area contributed by atoms with Crippen molar-refractivity contribution < 1.29 is 18.4 Å². The van der Waals surface area contributed by atoms with Crippen LogP contribution in [-0.2, 0) is 4.79 Å². The second-order valence-corrected chi connectivity index (χ2v) is 5.90. The Hall–Kier alpha value is -2.35. The molecule has 2 rings (SSSR count). The molecule has 0 bridgehead atoms. The molecule has 23 heavy (non-hydrogen) atoms. The Morgan fingerprint density at radius 3 is 2.70 bits per heavy atom. The van der Waals surface area contributed by atoms with E-state index in [9.17, 15) is 14.0 Å². The van der Waals surface area contributed by atoms with Crippen LogP contribution in [0.5, 0.6) is 0 Å². The van der Waals surface area contributed by atoms with Crippen LogP contribution in [0.2, 0.25) is 0 Å². The molecule has 3 amide bonds. The normalized spacial score (nSPS) is 11.8. The van der Waals surface area contributed by atoms with Crippen LogP contribution >= 0.6 is 11.8 Å². The molecule has 8 heteroatoms. The number of carbonyl (C=O) groups is 2. The van der Waals surface area contributed by atoms with E-state index in [1.165, 1.54) is 18.3 Å². The van der Waals surface area contributed by atoms with E-state index >= 15 is 0 Å². The molecule has 1 atom stereocenters. The van der Waals surface area contributed by atoms with Crippen LogP contribution < -0.4 is 10.6 Å². The Bertz CT molecular complexity index is 688. The van der Waals surface area contributed by atoms with E-state index in [1.54, 1.807) is 26.0 Å². The number of nitrogens with zero attached hydrogens (tertiary/aromatic N) is 1. The highest BCUT2D eigenvalue weighted by Gasteiger charge is 2.19. The standard InChI is InChI=1S/C15H16FN3O3S/c1-3-17-14(21)19-13(20)9(2)23-15-18-8-12(22-15)10-4-6-11(16)7-5-10/h4-9H,3H2,1-2H3,(H2,17,19,20,21). The van der Waals surface area contributed by atoms with Crippen LogP contribution in [0.25, 0.3) is 11.3 Å². The Labute approximate surface area is 136 Å². The molecule has 6 nitrogen and oxygen atoms in total. The fraction of sp³-hybridized carbons (Fsp3) is 0.267. The second-order valence-electron chi connectivity index (χ2n) is 4.61. The van der Waals surface area contributed by atoms with Crippen molar-refractivity contribution in [2.45, 2.75) is 24.3 Å². The zero-order chi connectivity index (χ0) is 16.8. The van der Waals surface area contributed by atoms with Gasteiger partial charge in [-0.15, -0.1) is 0 Å². The van der Waals surface area contributed by atoms with Gasteiger partial charge in [-0.1, -0.05) is 11.8 Å². The predicted octanol–water partition coefficient (Wildman–Crippen LogP) is 2.81. The summed E-state index contributed by atoms with van der Waals surface area (Å²) in [5.41, 5.74) is 0.685. The van der Waals surface area contributed by atoms with Gasteiger partial charge in [0.2, 0.25) is 5.91 Å². The first-order chi connectivity index (χ1) is 11.0. The number of nitrogens with one attached hydrogen (secondary N) is 2. The van der Waals surface area contributed by atoms with E-state index in [0.29, 0.717) is 23.1 Å². The minimum absolute atomic E-state index is 0.294. The molecule has 0 saturated carbocycles. The van der Waals surface area contributed by atoms with E-state index in [2.05, 4.69) is 15.6 Å². The van der Waals surface area contributed by atoms with Crippen LogP contribution in [0.1, 0.15) is 13.8 Å². The van der Waals surface area contributed by atoms with Crippen LogP contribution in [0, 0.1) is 5.82 Å². The highest BCUT2D eigenvalue weighted by atomic mass is 32.2. The van der Waals surface area contributed by atoms with Crippen LogP contribution in [0.4, 0.5) is 9.18 Å². The van der Waals surface area contributed by atoms with Crippen LogP contribution in [-0.4, -0.2) is 28.7 Å². The molecule has 1 unspecified atom stereocenters. The second kappa shape index (κ2) is 7.77. The van der Waals surface area contributed by atoms with E-state index in [-0.39, 0.29) is 5.82 Å². The number of benzene rings is 1. The van der Waals surface area contributed by atoms with E-state index in [0.717, 1.165) is 11.8 Å². The summed E-state index contributed by atoms with van der Waals surface area (Å²) in [6, 6.07) is 5.27. The number of thioether (sulfide) groups is 1. The summed E-state index contributed by atoms with van der Waals surface area (Å²) in [5, 5.41) is 4.44. The number of hydrogen-bond acceptors (Lipinski definition) is 5. The van der Waals surface area contributed by atoms with Gasteiger partial charge in [0, 0.05) is 12.1 Å². The van der Waals surface area contributed by atoms with E-state index < -0.39 is 17.2 Å². The third-order valence-electron chi connectivity index (χ3n) is 2.83. The number of carbonyl (C=O) groups excluding carboxylic acids is 2. The first-order valence-corrected chi connectivity index (χ1v) is 7.84. The number of hydrogen-bond donors (Lipinski definition) is 2. The van der Waals surface area contributed by atoms with E-state index in [1.807, 2.05) is 0 Å². The zero-order valence-corrected chi connectivity index (χ0v) is 13.4. The molecular weight excluding hydrogens is 321 g/mol. The Morgan fingerprint density at radius 2 is 2.04 bits per heavy atom. The van der Waals surface area contributed by atoms with Gasteiger partial charge in [0.15, 0.2) is 5.76 Å². The largest absolute Gasteiger partial charge is 0.431 e. The third kappa shape index (κ3) is 4.82. The SMILES string of the molecule is CCNC(=O)NC(=O)C(C)Sc1ncc(-c2ccc(F)cc2)o1. The van der Waals surface area contributed by atoms with Crippen molar-refractivity contribution in [3.8, 4) is 11.3 Å². The van der Waals surface area contributed by atoms with Gasteiger partial charge in [-0.2, -0.15) is 0 Å². The number of halogens is 1. The fourth-order valence-electron chi connectivity index (χ4n) is 1.68. The minimum Gasteiger partial charge on any atom is -0.431 e. The lowest BCUT2D eigenvalue weighted by Gasteiger charge is -2.09. The maximum atomic E-state index is 12.9. The number of amides is 3. The summed E-state index contributed by atoms with van der Waals surface area (Å²) in [6.45, 7) is 3.83. The summed E-state index contributed by atoms with van der Waals surface area (Å²) in [7, 11) is 0. The molecule has 2 aromatic rings. The predicted molar refractivity (Wildman–Crippen MR) is 84.4 cm³/mol. The summed E-state index contributed by atoms with van der Waals surface area (Å²) < 4.78 is 18.4. The number of urea groups is 1. The molecule has 0 saturated heterocycles. The molecule has 122 valence electrons. The van der Waals surface area contributed by atoms with Gasteiger partial charge in [-0.05, 0) is 38.1 Å². The summed E-state index contributed by atoms with van der Waals surface area (Å²) >= 11 is 1.09. The molecule has 2 N–H and O–H groups in total. The fourth-order valence-corrected chi connectivity index (χ4v) is 2.40. The van der Waals surface area contributed by atoms with Crippen molar-refractivity contribution in [2.24, 2.45) is 0 Å². The molecule has 0 radical (unpaired) electrons. The Morgan fingerprint density at radius 1 is 1.35 bits per heavy atom. The highest BCUT2D eigenvalue weighted by Crippen LogP contribution is 2.28. The molecule has 0 spiro atoms. The van der Waals surface area contributed by atoms with Gasteiger partial charge in [0.25, 0.3) is 5.22 Å². The average molecular weight is 337 g/mol. The van der Waals surface area contributed by atoms with Gasteiger partial charge in [-0.25, -0.2) is 14.2 Å². The lowest BCUT2D eigenvalue weighted by atomic mass is 10.2. The van der Waals surface area contributed by atoms with Gasteiger partial charge in [0.05, 0.1) is 11.4 Å². The Balaban J connectivity index is 1.97. The smallest absolute Gasteiger partial charge is 0.321 e.